The molecule has 1 aliphatic heterocycles. The zero-order valence-corrected chi connectivity index (χ0v) is 12.6. The van der Waals surface area contributed by atoms with Crippen molar-refractivity contribution in [2.45, 2.75) is 37.9 Å². The van der Waals surface area contributed by atoms with Gasteiger partial charge in [-0.2, -0.15) is 0 Å². The van der Waals surface area contributed by atoms with E-state index in [4.69, 9.17) is 0 Å². The largest absolute Gasteiger partial charge is 0.481 e. The Morgan fingerprint density at radius 1 is 1.30 bits per heavy atom. The molecule has 2 rings (SSSR count). The first-order chi connectivity index (χ1) is 9.16. The first-order valence-electron chi connectivity index (χ1n) is 6.50. The lowest BCUT2D eigenvalue weighted by molar-refractivity contribution is -0.139. The summed E-state index contributed by atoms with van der Waals surface area (Å²) in [4.78, 5) is 11.3. The van der Waals surface area contributed by atoms with Gasteiger partial charge in [0.05, 0.1) is 16.4 Å². The molecule has 0 amide bonds. The second-order valence-electron chi connectivity index (χ2n) is 5.93. The highest BCUT2D eigenvalue weighted by Crippen LogP contribution is 2.38. The number of fused-ring (bicyclic) bond motifs is 1. The number of rotatable bonds is 2. The van der Waals surface area contributed by atoms with E-state index in [1.807, 2.05) is 0 Å². The number of benzene rings is 1. The fourth-order valence-electron chi connectivity index (χ4n) is 2.37. The third-order valence-corrected chi connectivity index (χ3v) is 6.07. The summed E-state index contributed by atoms with van der Waals surface area (Å²) in [6, 6.07) is 6.84. The zero-order valence-electron chi connectivity index (χ0n) is 11.8. The van der Waals surface area contributed by atoms with Crippen molar-refractivity contribution in [3.8, 4) is 0 Å². The molecule has 0 saturated carbocycles. The maximum Gasteiger partial charge on any atom is 0.311 e. The predicted molar refractivity (Wildman–Crippen MR) is 77.5 cm³/mol. The lowest BCUT2D eigenvalue weighted by Gasteiger charge is -2.37. The molecule has 1 aromatic carbocycles. The van der Waals surface area contributed by atoms with Gasteiger partial charge in [0.2, 0.25) is 10.0 Å². The van der Waals surface area contributed by atoms with Crippen molar-refractivity contribution in [1.82, 2.24) is 0 Å². The molecule has 1 heterocycles. The first-order valence-corrected chi connectivity index (χ1v) is 7.94. The standard InChI is InChI=1S/C14H19NO4S/c1-14(2,3)20(18,19)15-9-8-11(13(16)17)10-6-4-5-7-12(10)15/h4-7,11H,8-9H2,1-3H3,(H,16,17). The molecular formula is C14H19NO4S. The molecule has 1 unspecified atom stereocenters. The van der Waals surface area contributed by atoms with Gasteiger partial charge in [0.25, 0.3) is 0 Å². The van der Waals surface area contributed by atoms with E-state index in [0.717, 1.165) is 0 Å². The summed E-state index contributed by atoms with van der Waals surface area (Å²) in [5, 5.41) is 9.27. The van der Waals surface area contributed by atoms with Gasteiger partial charge < -0.3 is 5.11 Å². The van der Waals surface area contributed by atoms with E-state index in [1.54, 1.807) is 45.0 Å². The van der Waals surface area contributed by atoms with Crippen LogP contribution in [0.15, 0.2) is 24.3 Å². The van der Waals surface area contributed by atoms with Gasteiger partial charge in [-0.15, -0.1) is 0 Å². The van der Waals surface area contributed by atoms with Gasteiger partial charge in [0.1, 0.15) is 0 Å². The maximum atomic E-state index is 12.6. The molecule has 20 heavy (non-hydrogen) atoms. The molecule has 0 aromatic heterocycles. The molecule has 110 valence electrons. The summed E-state index contributed by atoms with van der Waals surface area (Å²) in [6.45, 7) is 5.14. The third kappa shape index (κ3) is 2.28. The average Bonchev–Trinajstić information content (AvgIpc) is 2.35. The highest BCUT2D eigenvalue weighted by atomic mass is 32.2. The van der Waals surface area contributed by atoms with Crippen LogP contribution in [0.2, 0.25) is 0 Å². The SMILES string of the molecule is CC(C)(C)S(=O)(=O)N1CCC(C(=O)O)c2ccccc21. The van der Waals surface area contributed by atoms with E-state index in [-0.39, 0.29) is 6.54 Å². The van der Waals surface area contributed by atoms with Crippen LogP contribution in [0.5, 0.6) is 0 Å². The Morgan fingerprint density at radius 2 is 1.90 bits per heavy atom. The molecule has 6 heteroatoms. The van der Waals surface area contributed by atoms with Crippen molar-refractivity contribution in [2.24, 2.45) is 0 Å². The van der Waals surface area contributed by atoms with Crippen LogP contribution in [-0.4, -0.2) is 30.8 Å². The third-order valence-electron chi connectivity index (χ3n) is 3.56. The molecule has 0 saturated heterocycles. The summed E-state index contributed by atoms with van der Waals surface area (Å²) in [7, 11) is -3.52. The van der Waals surface area contributed by atoms with Crippen LogP contribution in [0.3, 0.4) is 0 Å². The molecule has 0 fully saturated rings. The normalized spacial score (nSPS) is 19.6. The minimum Gasteiger partial charge on any atom is -0.481 e. The molecular weight excluding hydrogens is 278 g/mol. The summed E-state index contributed by atoms with van der Waals surface area (Å²) in [5.41, 5.74) is 1.06. The van der Waals surface area contributed by atoms with Gasteiger partial charge in [-0.1, -0.05) is 18.2 Å². The number of carboxylic acid groups (broad SMARTS) is 1. The number of sulfonamides is 1. The van der Waals surface area contributed by atoms with Crippen LogP contribution in [0.25, 0.3) is 0 Å². The van der Waals surface area contributed by atoms with Crippen molar-refractivity contribution in [1.29, 1.82) is 0 Å². The minimum absolute atomic E-state index is 0.202. The highest BCUT2D eigenvalue weighted by molar-refractivity contribution is 7.94. The van der Waals surface area contributed by atoms with Crippen LogP contribution in [-0.2, 0) is 14.8 Å². The summed E-state index contributed by atoms with van der Waals surface area (Å²) >= 11 is 0. The second kappa shape index (κ2) is 4.77. The second-order valence-corrected chi connectivity index (χ2v) is 8.54. The number of hydrogen-bond acceptors (Lipinski definition) is 3. The van der Waals surface area contributed by atoms with Gasteiger partial charge in [-0.05, 0) is 38.8 Å². The average molecular weight is 297 g/mol. The van der Waals surface area contributed by atoms with E-state index < -0.39 is 26.7 Å². The first kappa shape index (κ1) is 14.8. The smallest absolute Gasteiger partial charge is 0.311 e. The minimum atomic E-state index is -3.52. The molecule has 0 spiro atoms. The van der Waals surface area contributed by atoms with Gasteiger partial charge >= 0.3 is 5.97 Å². The van der Waals surface area contributed by atoms with Gasteiger partial charge in [-0.25, -0.2) is 8.42 Å². The topological polar surface area (TPSA) is 74.7 Å². The summed E-state index contributed by atoms with van der Waals surface area (Å²) in [5.74, 6) is -1.55. The van der Waals surface area contributed by atoms with Crippen LogP contribution in [0.1, 0.15) is 38.7 Å². The molecule has 1 N–H and O–H groups in total. The van der Waals surface area contributed by atoms with E-state index >= 15 is 0 Å². The quantitative estimate of drug-likeness (QED) is 0.908. The summed E-state index contributed by atoms with van der Waals surface area (Å²) in [6.07, 6.45) is 0.293. The van der Waals surface area contributed by atoms with Crippen molar-refractivity contribution in [3.05, 3.63) is 29.8 Å². The molecule has 0 radical (unpaired) electrons. The number of carbonyl (C=O) groups is 1. The Labute approximate surface area is 119 Å². The van der Waals surface area contributed by atoms with Crippen molar-refractivity contribution in [3.63, 3.8) is 0 Å². The van der Waals surface area contributed by atoms with E-state index in [9.17, 15) is 18.3 Å². The van der Waals surface area contributed by atoms with Crippen LogP contribution < -0.4 is 4.31 Å². The monoisotopic (exact) mass is 297 g/mol. The van der Waals surface area contributed by atoms with Crippen molar-refractivity contribution >= 4 is 21.7 Å². The zero-order chi connectivity index (χ0) is 15.1. The van der Waals surface area contributed by atoms with Gasteiger partial charge in [0.15, 0.2) is 0 Å². The molecule has 1 atom stereocenters. The van der Waals surface area contributed by atoms with Crippen LogP contribution in [0, 0.1) is 0 Å². The Morgan fingerprint density at radius 3 is 2.45 bits per heavy atom. The van der Waals surface area contributed by atoms with Gasteiger partial charge in [-0.3, -0.25) is 9.10 Å². The molecule has 1 aromatic rings. The van der Waals surface area contributed by atoms with Crippen LogP contribution >= 0.6 is 0 Å². The fourth-order valence-corrected chi connectivity index (χ4v) is 3.80. The molecule has 0 aliphatic carbocycles. The lowest BCUT2D eigenvalue weighted by atomic mass is 9.91. The van der Waals surface area contributed by atoms with Crippen LogP contribution in [0.4, 0.5) is 5.69 Å². The molecule has 5 nitrogen and oxygen atoms in total. The summed E-state index contributed by atoms with van der Waals surface area (Å²) < 4.78 is 25.7. The number of anilines is 1. The highest BCUT2D eigenvalue weighted by Gasteiger charge is 2.40. The van der Waals surface area contributed by atoms with Gasteiger partial charge in [0, 0.05) is 6.54 Å². The lowest BCUT2D eigenvalue weighted by Crippen LogP contribution is -2.46. The predicted octanol–water partition coefficient (Wildman–Crippen LogP) is 2.19. The number of para-hydroxylation sites is 1. The number of hydrogen-bond donors (Lipinski definition) is 1. The van der Waals surface area contributed by atoms with Crippen molar-refractivity contribution in [2.75, 3.05) is 10.8 Å². The maximum absolute atomic E-state index is 12.6. The van der Waals surface area contributed by atoms with Crippen molar-refractivity contribution < 1.29 is 18.3 Å². The number of carboxylic acids is 1. The van der Waals surface area contributed by atoms with E-state index in [2.05, 4.69) is 0 Å². The molecule has 1 aliphatic rings. The Kier molecular flexibility index (Phi) is 3.54. The Balaban J connectivity index is 2.56. The van der Waals surface area contributed by atoms with E-state index in [0.29, 0.717) is 17.7 Å². The molecule has 0 bridgehead atoms. The Bertz CT molecular complexity index is 631. The number of nitrogens with zero attached hydrogens (tertiary/aromatic N) is 1. The van der Waals surface area contributed by atoms with E-state index in [1.165, 1.54) is 4.31 Å². The Hall–Kier alpha value is -1.56. The fraction of sp³-hybridized carbons (Fsp3) is 0.500. The number of aliphatic carboxylic acids is 1.